The van der Waals surface area contributed by atoms with Gasteiger partial charge in [-0.15, -0.1) is 0 Å². The fourth-order valence-corrected chi connectivity index (χ4v) is 2.82. The number of carbonyl (C=O) groups excluding carboxylic acids is 2. The molecule has 1 heterocycles. The van der Waals surface area contributed by atoms with Crippen LogP contribution in [0.3, 0.4) is 0 Å². The number of nitrogens with one attached hydrogen (secondary N) is 1. The van der Waals surface area contributed by atoms with Crippen LogP contribution in [-0.2, 0) is 9.59 Å². The van der Waals surface area contributed by atoms with Crippen LogP contribution in [0.25, 0.3) is 0 Å². The maximum absolute atomic E-state index is 12.2. The Morgan fingerprint density at radius 1 is 1.50 bits per heavy atom. The molecule has 0 radical (unpaired) electrons. The van der Waals surface area contributed by atoms with Crippen LogP contribution in [-0.4, -0.2) is 36.3 Å². The third-order valence-electron chi connectivity index (χ3n) is 4.07. The van der Waals surface area contributed by atoms with Crippen molar-refractivity contribution in [2.75, 3.05) is 13.6 Å². The lowest BCUT2D eigenvalue weighted by atomic mass is 9.86. The van der Waals surface area contributed by atoms with Crippen LogP contribution in [0.1, 0.15) is 38.5 Å². The molecule has 1 atom stereocenters. The van der Waals surface area contributed by atoms with Gasteiger partial charge in [0.25, 0.3) is 0 Å². The molecule has 2 rings (SSSR count). The summed E-state index contributed by atoms with van der Waals surface area (Å²) in [7, 11) is 1.75. The standard InChI is InChI=1S/C13H19N3O2/c1-16-8-10(4-5-11(16)17)15-12(18)13(9-14)6-2-3-7-13/h10H,2-8H2,1H3,(H,15,18). The van der Waals surface area contributed by atoms with Crippen molar-refractivity contribution in [1.82, 2.24) is 10.2 Å². The van der Waals surface area contributed by atoms with Gasteiger partial charge in [-0.3, -0.25) is 9.59 Å². The highest BCUT2D eigenvalue weighted by Crippen LogP contribution is 2.37. The second-order valence-corrected chi connectivity index (χ2v) is 5.38. The quantitative estimate of drug-likeness (QED) is 0.787. The molecule has 1 N–H and O–H groups in total. The average Bonchev–Trinajstić information content (AvgIpc) is 2.84. The molecule has 0 aromatic heterocycles. The molecule has 5 heteroatoms. The van der Waals surface area contributed by atoms with E-state index in [2.05, 4.69) is 11.4 Å². The molecule has 0 bridgehead atoms. The third-order valence-corrected chi connectivity index (χ3v) is 4.07. The van der Waals surface area contributed by atoms with Gasteiger partial charge in [0, 0.05) is 26.1 Å². The van der Waals surface area contributed by atoms with E-state index < -0.39 is 5.41 Å². The Morgan fingerprint density at radius 3 is 2.72 bits per heavy atom. The Balaban J connectivity index is 1.95. The molecule has 2 aliphatic rings. The summed E-state index contributed by atoms with van der Waals surface area (Å²) in [5.74, 6) is -0.0217. The Morgan fingerprint density at radius 2 is 2.17 bits per heavy atom. The van der Waals surface area contributed by atoms with Crippen LogP contribution in [0.5, 0.6) is 0 Å². The molecule has 1 aliphatic carbocycles. The minimum absolute atomic E-state index is 0.00831. The van der Waals surface area contributed by atoms with Gasteiger partial charge in [-0.2, -0.15) is 5.26 Å². The lowest BCUT2D eigenvalue weighted by Gasteiger charge is -2.32. The normalized spacial score (nSPS) is 26.8. The van der Waals surface area contributed by atoms with Crippen LogP contribution in [0.2, 0.25) is 0 Å². The Hall–Kier alpha value is -1.57. The van der Waals surface area contributed by atoms with E-state index >= 15 is 0 Å². The van der Waals surface area contributed by atoms with Gasteiger partial charge in [0.15, 0.2) is 0 Å². The molecular weight excluding hydrogens is 230 g/mol. The maximum Gasteiger partial charge on any atom is 0.240 e. The molecule has 0 aromatic carbocycles. The number of rotatable bonds is 2. The highest BCUT2D eigenvalue weighted by molar-refractivity contribution is 5.86. The number of hydrogen-bond donors (Lipinski definition) is 1. The van der Waals surface area contributed by atoms with Crippen molar-refractivity contribution in [3.63, 3.8) is 0 Å². The van der Waals surface area contributed by atoms with Crippen LogP contribution in [0.15, 0.2) is 0 Å². The summed E-state index contributed by atoms with van der Waals surface area (Å²) in [6.07, 6.45) is 4.37. The molecule has 5 nitrogen and oxygen atoms in total. The largest absolute Gasteiger partial charge is 0.350 e. The first-order valence-electron chi connectivity index (χ1n) is 6.53. The van der Waals surface area contributed by atoms with Crippen LogP contribution >= 0.6 is 0 Å². The zero-order valence-electron chi connectivity index (χ0n) is 10.7. The second kappa shape index (κ2) is 4.97. The number of hydrogen-bond acceptors (Lipinski definition) is 3. The first-order chi connectivity index (χ1) is 8.57. The number of nitriles is 1. The number of piperidine rings is 1. The Bertz CT molecular complexity index is 394. The van der Waals surface area contributed by atoms with Crippen molar-refractivity contribution in [3.05, 3.63) is 0 Å². The molecule has 2 amide bonds. The van der Waals surface area contributed by atoms with E-state index in [1.165, 1.54) is 0 Å². The fourth-order valence-electron chi connectivity index (χ4n) is 2.82. The van der Waals surface area contributed by atoms with Crippen molar-refractivity contribution in [3.8, 4) is 6.07 Å². The zero-order valence-corrected chi connectivity index (χ0v) is 10.7. The average molecular weight is 249 g/mol. The van der Waals surface area contributed by atoms with Gasteiger partial charge in [-0.25, -0.2) is 0 Å². The molecular formula is C13H19N3O2. The highest BCUT2D eigenvalue weighted by atomic mass is 16.2. The van der Waals surface area contributed by atoms with Crippen LogP contribution in [0, 0.1) is 16.7 Å². The molecule has 1 aliphatic heterocycles. The van der Waals surface area contributed by atoms with Gasteiger partial charge in [-0.1, -0.05) is 12.8 Å². The second-order valence-electron chi connectivity index (χ2n) is 5.38. The van der Waals surface area contributed by atoms with Gasteiger partial charge in [0.1, 0.15) is 5.41 Å². The molecule has 1 saturated heterocycles. The number of likely N-dealkylation sites (tertiary alicyclic amines) is 1. The minimum atomic E-state index is -0.819. The van der Waals surface area contributed by atoms with E-state index in [-0.39, 0.29) is 17.9 Å². The molecule has 2 fully saturated rings. The van der Waals surface area contributed by atoms with Gasteiger partial charge < -0.3 is 10.2 Å². The van der Waals surface area contributed by atoms with E-state index in [4.69, 9.17) is 0 Å². The number of likely N-dealkylation sites (N-methyl/N-ethyl adjacent to an activating group) is 1. The van der Waals surface area contributed by atoms with Crippen molar-refractivity contribution < 1.29 is 9.59 Å². The lowest BCUT2D eigenvalue weighted by molar-refractivity contribution is -0.135. The predicted molar refractivity (Wildman–Crippen MR) is 65.3 cm³/mol. The first kappa shape index (κ1) is 12.9. The smallest absolute Gasteiger partial charge is 0.240 e. The zero-order chi connectivity index (χ0) is 13.2. The minimum Gasteiger partial charge on any atom is -0.350 e. The summed E-state index contributed by atoms with van der Waals surface area (Å²) in [6, 6.07) is 2.19. The third kappa shape index (κ3) is 2.33. The predicted octanol–water partition coefficient (Wildman–Crippen LogP) is 0.807. The maximum atomic E-state index is 12.2. The molecule has 98 valence electrons. The monoisotopic (exact) mass is 249 g/mol. The Labute approximate surface area is 107 Å². The molecule has 1 saturated carbocycles. The summed E-state index contributed by atoms with van der Waals surface area (Å²) in [5, 5.41) is 12.2. The molecule has 0 aromatic rings. The van der Waals surface area contributed by atoms with Crippen LogP contribution < -0.4 is 5.32 Å². The van der Waals surface area contributed by atoms with Gasteiger partial charge >= 0.3 is 0 Å². The van der Waals surface area contributed by atoms with Crippen molar-refractivity contribution >= 4 is 11.8 Å². The van der Waals surface area contributed by atoms with E-state index in [0.717, 1.165) is 12.8 Å². The van der Waals surface area contributed by atoms with Gasteiger partial charge in [0.05, 0.1) is 6.07 Å². The topological polar surface area (TPSA) is 73.2 Å². The van der Waals surface area contributed by atoms with E-state index in [9.17, 15) is 14.9 Å². The SMILES string of the molecule is CN1CC(NC(=O)C2(C#N)CCCC2)CCC1=O. The molecule has 18 heavy (non-hydrogen) atoms. The van der Waals surface area contributed by atoms with E-state index in [1.54, 1.807) is 11.9 Å². The molecule has 0 spiro atoms. The van der Waals surface area contributed by atoms with Crippen molar-refractivity contribution in [2.45, 2.75) is 44.6 Å². The summed E-state index contributed by atoms with van der Waals surface area (Å²) >= 11 is 0. The fraction of sp³-hybridized carbons (Fsp3) is 0.769. The van der Waals surface area contributed by atoms with E-state index in [1.807, 2.05) is 0 Å². The summed E-state index contributed by atoms with van der Waals surface area (Å²) < 4.78 is 0. The van der Waals surface area contributed by atoms with Gasteiger partial charge in [-0.05, 0) is 19.3 Å². The first-order valence-corrected chi connectivity index (χ1v) is 6.53. The summed E-state index contributed by atoms with van der Waals surface area (Å²) in [4.78, 5) is 25.2. The van der Waals surface area contributed by atoms with Crippen molar-refractivity contribution in [1.29, 1.82) is 5.26 Å². The van der Waals surface area contributed by atoms with Crippen molar-refractivity contribution in [2.24, 2.45) is 5.41 Å². The highest BCUT2D eigenvalue weighted by Gasteiger charge is 2.42. The summed E-state index contributed by atoms with van der Waals surface area (Å²) in [5.41, 5.74) is -0.819. The number of amides is 2. The van der Waals surface area contributed by atoms with Crippen LogP contribution in [0.4, 0.5) is 0 Å². The van der Waals surface area contributed by atoms with Gasteiger partial charge in [0.2, 0.25) is 11.8 Å². The lowest BCUT2D eigenvalue weighted by Crippen LogP contribution is -2.51. The molecule has 1 unspecified atom stereocenters. The number of nitrogens with zero attached hydrogens (tertiary/aromatic N) is 2. The number of carbonyl (C=O) groups is 2. The summed E-state index contributed by atoms with van der Waals surface area (Å²) in [6.45, 7) is 0.548. The Kier molecular flexibility index (Phi) is 3.55. The van der Waals surface area contributed by atoms with E-state index in [0.29, 0.717) is 32.2 Å².